The Hall–Kier alpha value is -3.11. The van der Waals surface area contributed by atoms with Gasteiger partial charge in [-0.25, -0.2) is 4.39 Å². The van der Waals surface area contributed by atoms with Crippen molar-refractivity contribution >= 4 is 23.4 Å². The minimum atomic E-state index is -0.389. The lowest BCUT2D eigenvalue weighted by atomic mass is 10.1. The van der Waals surface area contributed by atoms with Crippen molar-refractivity contribution in [2.45, 2.75) is 13.2 Å². The highest BCUT2D eigenvalue weighted by Gasteiger charge is 2.12. The zero-order valence-corrected chi connectivity index (χ0v) is 16.5. The Bertz CT molecular complexity index is 1050. The summed E-state index contributed by atoms with van der Waals surface area (Å²) in [5, 5.41) is 0.709. The Morgan fingerprint density at radius 2 is 1.79 bits per heavy atom. The molecule has 1 heterocycles. The van der Waals surface area contributed by atoms with Gasteiger partial charge in [0.2, 0.25) is 0 Å². The topological polar surface area (TPSA) is 24.8 Å². The van der Waals surface area contributed by atoms with E-state index in [9.17, 15) is 4.39 Å². The Morgan fingerprint density at radius 3 is 2.59 bits per heavy atom. The SMILES string of the molecule is Fc1cc(C2=CN(Cc3cccc(Cl)c3)CN=C2)ccc1OCc1ccccc1. The molecule has 146 valence electrons. The number of aliphatic imine (C=N–C) groups is 1. The van der Waals surface area contributed by atoms with Crippen LogP contribution in [0.15, 0.2) is 84.0 Å². The largest absolute Gasteiger partial charge is 0.486 e. The second-order valence-corrected chi connectivity index (χ2v) is 7.27. The number of benzene rings is 3. The summed E-state index contributed by atoms with van der Waals surface area (Å²) in [6.07, 6.45) is 3.76. The van der Waals surface area contributed by atoms with Gasteiger partial charge >= 0.3 is 0 Å². The molecule has 0 radical (unpaired) electrons. The van der Waals surface area contributed by atoms with E-state index in [1.54, 1.807) is 12.3 Å². The van der Waals surface area contributed by atoms with Crippen molar-refractivity contribution in [3.63, 3.8) is 0 Å². The van der Waals surface area contributed by atoms with E-state index in [4.69, 9.17) is 16.3 Å². The van der Waals surface area contributed by atoms with Gasteiger partial charge in [-0.3, -0.25) is 4.99 Å². The molecular formula is C24H20ClFN2O. The molecule has 0 unspecified atom stereocenters. The molecule has 0 bridgehead atoms. The molecule has 3 aromatic rings. The maximum Gasteiger partial charge on any atom is 0.165 e. The van der Waals surface area contributed by atoms with E-state index >= 15 is 0 Å². The molecule has 5 heteroatoms. The van der Waals surface area contributed by atoms with E-state index < -0.39 is 0 Å². The minimum Gasteiger partial charge on any atom is -0.486 e. The summed E-state index contributed by atoms with van der Waals surface area (Å²) in [5.41, 5.74) is 3.71. The van der Waals surface area contributed by atoms with Crippen LogP contribution in [0.25, 0.3) is 5.57 Å². The van der Waals surface area contributed by atoms with Crippen molar-refractivity contribution in [2.75, 3.05) is 6.67 Å². The van der Waals surface area contributed by atoms with Gasteiger partial charge in [-0.05, 0) is 41.0 Å². The predicted molar refractivity (Wildman–Crippen MR) is 116 cm³/mol. The molecule has 0 N–H and O–H groups in total. The summed E-state index contributed by atoms with van der Waals surface area (Å²) in [7, 11) is 0. The quantitative estimate of drug-likeness (QED) is 0.505. The van der Waals surface area contributed by atoms with E-state index in [0.29, 0.717) is 24.8 Å². The van der Waals surface area contributed by atoms with Crippen LogP contribution >= 0.6 is 11.6 Å². The molecule has 0 aliphatic carbocycles. The first-order chi connectivity index (χ1) is 14.2. The number of hydrogen-bond acceptors (Lipinski definition) is 3. The molecule has 0 atom stereocenters. The molecule has 29 heavy (non-hydrogen) atoms. The number of rotatable bonds is 6. The Morgan fingerprint density at radius 1 is 0.966 bits per heavy atom. The second-order valence-electron chi connectivity index (χ2n) is 6.83. The van der Waals surface area contributed by atoms with Crippen molar-refractivity contribution in [3.8, 4) is 5.75 Å². The van der Waals surface area contributed by atoms with Gasteiger partial charge in [-0.1, -0.05) is 60.1 Å². The second kappa shape index (κ2) is 8.93. The van der Waals surface area contributed by atoms with Gasteiger partial charge in [0.1, 0.15) is 13.3 Å². The molecule has 3 nitrogen and oxygen atoms in total. The lowest BCUT2D eigenvalue weighted by Gasteiger charge is -2.23. The van der Waals surface area contributed by atoms with Gasteiger partial charge in [0.25, 0.3) is 0 Å². The van der Waals surface area contributed by atoms with Crippen molar-refractivity contribution < 1.29 is 9.13 Å². The van der Waals surface area contributed by atoms with Crippen LogP contribution in [0, 0.1) is 5.82 Å². The fourth-order valence-corrected chi connectivity index (χ4v) is 3.38. The van der Waals surface area contributed by atoms with Crippen LogP contribution in [-0.2, 0) is 13.2 Å². The minimum absolute atomic E-state index is 0.238. The number of allylic oxidation sites excluding steroid dienone is 1. The number of nitrogens with zero attached hydrogens (tertiary/aromatic N) is 2. The van der Waals surface area contributed by atoms with Gasteiger partial charge in [0.05, 0.1) is 0 Å². The van der Waals surface area contributed by atoms with Crippen molar-refractivity contribution in [1.82, 2.24) is 4.90 Å². The average molecular weight is 407 g/mol. The van der Waals surface area contributed by atoms with Gasteiger partial charge in [0, 0.05) is 29.6 Å². The summed E-state index contributed by atoms with van der Waals surface area (Å²) >= 11 is 6.07. The molecular weight excluding hydrogens is 387 g/mol. The first-order valence-electron chi connectivity index (χ1n) is 9.34. The van der Waals surface area contributed by atoms with Crippen LogP contribution < -0.4 is 4.74 Å². The van der Waals surface area contributed by atoms with Crippen LogP contribution in [0.3, 0.4) is 0 Å². The molecule has 0 fully saturated rings. The lowest BCUT2D eigenvalue weighted by molar-refractivity contribution is 0.290. The fourth-order valence-electron chi connectivity index (χ4n) is 3.16. The standard InChI is InChI=1S/C24H20ClFN2O/c25-22-8-4-7-19(11-22)14-28-15-21(13-27-17-28)20-9-10-24(23(26)12-20)29-16-18-5-2-1-3-6-18/h1-13,15H,14,16-17H2. The van der Waals surface area contributed by atoms with Crippen LogP contribution in [0.4, 0.5) is 4.39 Å². The Kier molecular flexibility index (Phi) is 5.92. The van der Waals surface area contributed by atoms with Crippen molar-refractivity contribution in [3.05, 3.63) is 107 Å². The number of hydrogen-bond donors (Lipinski definition) is 0. The fraction of sp³-hybridized carbons (Fsp3) is 0.125. The third kappa shape index (κ3) is 5.04. The number of ether oxygens (including phenoxy) is 1. The molecule has 0 amide bonds. The summed E-state index contributed by atoms with van der Waals surface area (Å²) in [4.78, 5) is 6.48. The molecule has 4 rings (SSSR count). The molecule has 1 aliphatic heterocycles. The van der Waals surface area contributed by atoms with Crippen molar-refractivity contribution in [1.29, 1.82) is 0 Å². The highest BCUT2D eigenvalue weighted by molar-refractivity contribution is 6.30. The molecule has 0 saturated heterocycles. The van der Waals surface area contributed by atoms with Gasteiger partial charge in [-0.2, -0.15) is 0 Å². The first-order valence-corrected chi connectivity index (χ1v) is 9.72. The summed E-state index contributed by atoms with van der Waals surface area (Å²) in [6, 6.07) is 22.4. The Labute approximate surface area is 174 Å². The van der Waals surface area contributed by atoms with Gasteiger partial charge in [-0.15, -0.1) is 0 Å². The molecule has 3 aromatic carbocycles. The van der Waals surface area contributed by atoms with E-state index in [0.717, 1.165) is 22.3 Å². The first kappa shape index (κ1) is 19.2. The van der Waals surface area contributed by atoms with Crippen LogP contribution in [-0.4, -0.2) is 17.8 Å². The Balaban J connectivity index is 1.46. The van der Waals surface area contributed by atoms with E-state index in [1.807, 2.05) is 66.9 Å². The van der Waals surface area contributed by atoms with E-state index in [2.05, 4.69) is 9.89 Å². The van der Waals surface area contributed by atoms with E-state index in [1.165, 1.54) is 6.07 Å². The summed E-state index contributed by atoms with van der Waals surface area (Å²) in [6.45, 7) is 1.56. The third-order valence-corrected chi connectivity index (χ3v) is 4.83. The zero-order valence-electron chi connectivity index (χ0n) is 15.8. The molecule has 0 saturated carbocycles. The average Bonchev–Trinajstić information content (AvgIpc) is 2.74. The van der Waals surface area contributed by atoms with Crippen LogP contribution in [0.2, 0.25) is 5.02 Å². The van der Waals surface area contributed by atoms with Gasteiger partial charge < -0.3 is 9.64 Å². The number of halogens is 2. The van der Waals surface area contributed by atoms with Gasteiger partial charge in [0.15, 0.2) is 11.6 Å². The lowest BCUT2D eigenvalue weighted by Crippen LogP contribution is -2.20. The highest BCUT2D eigenvalue weighted by atomic mass is 35.5. The van der Waals surface area contributed by atoms with Crippen LogP contribution in [0.1, 0.15) is 16.7 Å². The predicted octanol–water partition coefficient (Wildman–Crippen LogP) is 5.94. The molecule has 0 aromatic heterocycles. The maximum atomic E-state index is 14.6. The van der Waals surface area contributed by atoms with Crippen molar-refractivity contribution in [2.24, 2.45) is 4.99 Å². The highest BCUT2D eigenvalue weighted by Crippen LogP contribution is 2.25. The maximum absolute atomic E-state index is 14.6. The van der Waals surface area contributed by atoms with Crippen LogP contribution in [0.5, 0.6) is 5.75 Å². The molecule has 1 aliphatic rings. The summed E-state index contributed by atoms with van der Waals surface area (Å²) < 4.78 is 20.2. The smallest absolute Gasteiger partial charge is 0.165 e. The zero-order chi connectivity index (χ0) is 20.1. The molecule has 0 spiro atoms. The monoisotopic (exact) mass is 406 g/mol. The van der Waals surface area contributed by atoms with E-state index in [-0.39, 0.29) is 11.6 Å². The normalized spacial score (nSPS) is 13.3. The third-order valence-electron chi connectivity index (χ3n) is 4.59. The summed E-state index contributed by atoms with van der Waals surface area (Å²) in [5.74, 6) is -0.151.